The monoisotopic (exact) mass is 832 g/mol. The van der Waals surface area contributed by atoms with Gasteiger partial charge in [-0.05, 0) is 33.4 Å². The smallest absolute Gasteiger partial charge is 0.330 e. The Hall–Kier alpha value is -6.47. The highest BCUT2D eigenvalue weighted by molar-refractivity contribution is 7.86. The van der Waals surface area contributed by atoms with Crippen LogP contribution in [0.1, 0.15) is 45.2 Å². The van der Waals surface area contributed by atoms with Crippen molar-refractivity contribution in [1.29, 1.82) is 0 Å². The molecule has 7 aromatic rings. The van der Waals surface area contributed by atoms with Gasteiger partial charge in [-0.15, -0.1) is 0 Å². The van der Waals surface area contributed by atoms with Crippen LogP contribution < -0.4 is 11.2 Å². The first-order valence-corrected chi connectivity index (χ1v) is 21.6. The van der Waals surface area contributed by atoms with E-state index in [-0.39, 0.29) is 12.2 Å². The summed E-state index contributed by atoms with van der Waals surface area (Å²) >= 11 is 0. The molecule has 0 amide bonds. The van der Waals surface area contributed by atoms with Crippen molar-refractivity contribution in [2.45, 2.75) is 35.7 Å². The third kappa shape index (κ3) is 8.22. The summed E-state index contributed by atoms with van der Waals surface area (Å²) in [6.45, 7) is 3.54. The van der Waals surface area contributed by atoms with Gasteiger partial charge in [0.05, 0.1) is 18.4 Å². The highest BCUT2D eigenvalue weighted by Gasteiger charge is 2.55. The molecule has 4 atom stereocenters. The first kappa shape index (κ1) is 41.3. The van der Waals surface area contributed by atoms with Gasteiger partial charge >= 0.3 is 5.69 Å². The van der Waals surface area contributed by atoms with Crippen LogP contribution in [0.25, 0.3) is 6.08 Å². The first-order valence-electron chi connectivity index (χ1n) is 19.8. The molecule has 308 valence electrons. The number of ether oxygens (including phenoxy) is 3. The lowest BCUT2D eigenvalue weighted by molar-refractivity contribution is -0.130. The minimum atomic E-state index is -4.27. The number of aromatic nitrogens is 2. The molecule has 1 aliphatic heterocycles. The summed E-state index contributed by atoms with van der Waals surface area (Å²) < 4.78 is 55.7. The number of rotatable bonds is 15. The van der Waals surface area contributed by atoms with Crippen molar-refractivity contribution in [3.05, 3.63) is 255 Å². The number of nitrogens with zero attached hydrogens (tertiary/aromatic N) is 1. The number of hydrogen-bond acceptors (Lipinski definition) is 8. The predicted octanol–water partition coefficient (Wildman–Crippen LogP) is 7.81. The van der Waals surface area contributed by atoms with Gasteiger partial charge in [-0.1, -0.05) is 195 Å². The fraction of sp³-hybridized carbons (Fsp3) is 0.160. The van der Waals surface area contributed by atoms with E-state index >= 15 is 0 Å². The topological polar surface area (TPSA) is 126 Å². The Morgan fingerprint density at radius 3 is 1.36 bits per heavy atom. The van der Waals surface area contributed by atoms with Crippen LogP contribution in [-0.2, 0) is 39.7 Å². The van der Waals surface area contributed by atoms with E-state index in [2.05, 4.69) is 11.6 Å². The quantitative estimate of drug-likeness (QED) is 0.0820. The molecule has 0 bridgehead atoms. The molecule has 1 aromatic heterocycles. The van der Waals surface area contributed by atoms with Gasteiger partial charge in [0.25, 0.3) is 15.7 Å². The molecular formula is C50H44N2O8S. The van der Waals surface area contributed by atoms with E-state index in [4.69, 9.17) is 18.4 Å². The Bertz CT molecular complexity index is 2590. The van der Waals surface area contributed by atoms with Crippen molar-refractivity contribution in [2.75, 3.05) is 12.9 Å². The lowest BCUT2D eigenvalue weighted by Gasteiger charge is -2.41. The summed E-state index contributed by atoms with van der Waals surface area (Å²) in [6, 6.07) is 58.2. The summed E-state index contributed by atoms with van der Waals surface area (Å²) in [5, 5.41) is 0. The fourth-order valence-corrected chi connectivity index (χ4v) is 8.86. The SMILES string of the molecule is C=Cc1cn([C@@H]2O[C@H](COC(c3ccccc3)(c3ccccc3)c3ccccc3)[C@@H](OC(c3ccccc3)(c3ccccc3)c3ccccc3)[C@H]2OS(C)(=O)=O)c(=O)[nH]c1=O. The molecule has 0 unspecified atom stereocenters. The maximum absolute atomic E-state index is 13.8. The number of benzene rings is 6. The van der Waals surface area contributed by atoms with Crippen LogP contribution >= 0.6 is 0 Å². The standard InChI is InChI=1S/C50H44N2O8S/c1-3-36-34-52(48(54)51-46(36)53)47-45(60-61(2,55)56)44(59-50(40-28-16-7-17-29-40,41-30-18-8-19-31-41)42-32-20-9-21-33-42)43(58-47)35-57-49(37-22-10-4-11-23-37,38-24-12-5-13-25-38)39-26-14-6-15-27-39/h3-34,43-45,47H,1,35H2,2H3,(H,51,53,54)/t43-,44-,45-,47-/m1/s1. The van der Waals surface area contributed by atoms with Crippen molar-refractivity contribution in [3.63, 3.8) is 0 Å². The molecule has 1 N–H and O–H groups in total. The third-order valence-corrected chi connectivity index (χ3v) is 11.5. The molecule has 8 rings (SSSR count). The van der Waals surface area contributed by atoms with Gasteiger partial charge in [-0.3, -0.25) is 18.5 Å². The summed E-state index contributed by atoms with van der Waals surface area (Å²) in [7, 11) is -4.27. The lowest BCUT2D eigenvalue weighted by atomic mass is 9.79. The van der Waals surface area contributed by atoms with Crippen LogP contribution in [0, 0.1) is 0 Å². The van der Waals surface area contributed by atoms with Crippen LogP contribution in [0.4, 0.5) is 0 Å². The van der Waals surface area contributed by atoms with Crippen LogP contribution in [0.2, 0.25) is 0 Å². The Balaban J connectivity index is 1.37. The highest BCUT2D eigenvalue weighted by Crippen LogP contribution is 2.47. The van der Waals surface area contributed by atoms with Gasteiger partial charge in [0.1, 0.15) is 23.4 Å². The second-order valence-electron chi connectivity index (χ2n) is 14.7. The average molecular weight is 833 g/mol. The normalized spacial score (nSPS) is 18.1. The molecule has 1 fully saturated rings. The zero-order valence-corrected chi connectivity index (χ0v) is 34.1. The van der Waals surface area contributed by atoms with Gasteiger partial charge in [0.15, 0.2) is 12.3 Å². The molecule has 0 radical (unpaired) electrons. The average Bonchev–Trinajstić information content (AvgIpc) is 3.61. The molecule has 1 aliphatic rings. The molecule has 11 heteroatoms. The van der Waals surface area contributed by atoms with E-state index in [1.165, 1.54) is 12.3 Å². The molecule has 10 nitrogen and oxygen atoms in total. The number of hydrogen-bond donors (Lipinski definition) is 1. The van der Waals surface area contributed by atoms with E-state index in [0.29, 0.717) is 0 Å². The van der Waals surface area contributed by atoms with Crippen molar-refractivity contribution in [1.82, 2.24) is 9.55 Å². The number of aromatic amines is 1. The summed E-state index contributed by atoms with van der Waals surface area (Å²) in [5.74, 6) is 0. The maximum Gasteiger partial charge on any atom is 0.330 e. The predicted molar refractivity (Wildman–Crippen MR) is 234 cm³/mol. The summed E-state index contributed by atoms with van der Waals surface area (Å²) in [5.41, 5.74) is 0.581. The van der Waals surface area contributed by atoms with Crippen LogP contribution in [-0.4, -0.2) is 49.1 Å². The molecular weight excluding hydrogens is 789 g/mol. The molecule has 1 saturated heterocycles. The summed E-state index contributed by atoms with van der Waals surface area (Å²) in [4.78, 5) is 28.9. The van der Waals surface area contributed by atoms with E-state index in [0.717, 1.165) is 44.2 Å². The minimum Gasteiger partial charge on any atom is -0.358 e. The molecule has 0 saturated carbocycles. The van der Waals surface area contributed by atoms with Crippen LogP contribution in [0.3, 0.4) is 0 Å². The van der Waals surface area contributed by atoms with Crippen molar-refractivity contribution in [2.24, 2.45) is 0 Å². The molecule has 0 spiro atoms. The Kier molecular flexibility index (Phi) is 11.9. The van der Waals surface area contributed by atoms with E-state index < -0.39 is 57.1 Å². The molecule has 2 heterocycles. The van der Waals surface area contributed by atoms with Gasteiger partial charge in [-0.2, -0.15) is 8.42 Å². The van der Waals surface area contributed by atoms with E-state index in [1.54, 1.807) is 0 Å². The molecule has 61 heavy (non-hydrogen) atoms. The zero-order valence-electron chi connectivity index (χ0n) is 33.3. The highest BCUT2D eigenvalue weighted by atomic mass is 32.2. The minimum absolute atomic E-state index is 0.0573. The van der Waals surface area contributed by atoms with Gasteiger partial charge < -0.3 is 14.2 Å². The van der Waals surface area contributed by atoms with E-state index in [1.807, 2.05) is 182 Å². The summed E-state index contributed by atoms with van der Waals surface area (Å²) in [6.07, 6.45) is -1.83. The van der Waals surface area contributed by atoms with E-state index in [9.17, 15) is 18.0 Å². The van der Waals surface area contributed by atoms with Crippen LogP contribution in [0.15, 0.2) is 204 Å². The number of H-pyrrole nitrogens is 1. The van der Waals surface area contributed by atoms with Crippen molar-refractivity contribution >= 4 is 16.2 Å². The van der Waals surface area contributed by atoms with Crippen molar-refractivity contribution < 1.29 is 26.8 Å². The lowest BCUT2D eigenvalue weighted by Crippen LogP contribution is -2.48. The maximum atomic E-state index is 13.8. The largest absolute Gasteiger partial charge is 0.358 e. The molecule has 6 aromatic carbocycles. The second kappa shape index (κ2) is 17.6. The van der Waals surface area contributed by atoms with Crippen molar-refractivity contribution in [3.8, 4) is 0 Å². The molecule has 0 aliphatic carbocycles. The Morgan fingerprint density at radius 1 is 0.623 bits per heavy atom. The van der Waals surface area contributed by atoms with Gasteiger partial charge in [-0.25, -0.2) is 4.79 Å². The fourth-order valence-electron chi connectivity index (χ4n) is 8.25. The Morgan fingerprint density at radius 2 is 1.00 bits per heavy atom. The Labute approximate surface area is 354 Å². The van der Waals surface area contributed by atoms with Crippen LogP contribution in [0.5, 0.6) is 0 Å². The third-order valence-electron chi connectivity index (χ3n) is 10.9. The van der Waals surface area contributed by atoms with Gasteiger partial charge in [0.2, 0.25) is 0 Å². The zero-order chi connectivity index (χ0) is 42.5. The van der Waals surface area contributed by atoms with Gasteiger partial charge in [0, 0.05) is 6.20 Å². The first-order chi connectivity index (χ1) is 29.6. The second-order valence-corrected chi connectivity index (χ2v) is 16.3. The number of nitrogens with one attached hydrogen (secondary N) is 1.